The number of aromatic nitrogens is 1. The largest absolute Gasteiger partial charge is 0.385 e. The van der Waals surface area contributed by atoms with Gasteiger partial charge >= 0.3 is 0 Å². The molecule has 3 heterocycles. The zero-order valence-electron chi connectivity index (χ0n) is 11.4. The van der Waals surface area contributed by atoms with Gasteiger partial charge in [-0.15, -0.1) is 11.3 Å². The number of thiophene rings is 1. The van der Waals surface area contributed by atoms with Gasteiger partial charge in [0.05, 0.1) is 11.3 Å². The summed E-state index contributed by atoms with van der Waals surface area (Å²) in [6.07, 6.45) is 4.32. The van der Waals surface area contributed by atoms with Crippen LogP contribution in [0, 0.1) is 0 Å². The summed E-state index contributed by atoms with van der Waals surface area (Å²) in [5, 5.41) is 5.33. The summed E-state index contributed by atoms with van der Waals surface area (Å²) in [6, 6.07) is 3.98. The molecular weight excluding hydrogens is 270 g/mol. The fourth-order valence-electron chi connectivity index (χ4n) is 2.50. The first-order valence-electron chi connectivity index (χ1n) is 6.82. The maximum Gasteiger partial charge on any atom is 0.257 e. The Labute approximate surface area is 122 Å². The molecule has 0 spiro atoms. The van der Waals surface area contributed by atoms with Gasteiger partial charge in [0.2, 0.25) is 0 Å². The maximum atomic E-state index is 12.7. The van der Waals surface area contributed by atoms with Gasteiger partial charge in [0.25, 0.3) is 5.91 Å². The molecule has 104 valence electrons. The highest BCUT2D eigenvalue weighted by Gasteiger charge is 2.24. The van der Waals surface area contributed by atoms with Crippen LogP contribution in [0.2, 0.25) is 0 Å². The van der Waals surface area contributed by atoms with Crippen molar-refractivity contribution in [1.82, 2.24) is 9.88 Å². The number of carbonyl (C=O) groups is 1. The molecule has 20 heavy (non-hydrogen) atoms. The van der Waals surface area contributed by atoms with Crippen molar-refractivity contribution in [3.63, 3.8) is 0 Å². The van der Waals surface area contributed by atoms with Crippen molar-refractivity contribution in [2.45, 2.75) is 19.9 Å². The minimum Gasteiger partial charge on any atom is -0.385 e. The van der Waals surface area contributed by atoms with Gasteiger partial charge in [-0.2, -0.15) is 0 Å². The van der Waals surface area contributed by atoms with Crippen molar-refractivity contribution >= 4 is 22.9 Å². The Hall–Kier alpha value is -1.88. The third kappa shape index (κ3) is 2.41. The van der Waals surface area contributed by atoms with Crippen molar-refractivity contribution in [2.75, 3.05) is 18.4 Å². The third-order valence-electron chi connectivity index (χ3n) is 3.51. The molecule has 0 unspecified atom stereocenters. The van der Waals surface area contributed by atoms with Crippen LogP contribution in [0.15, 0.2) is 29.9 Å². The summed E-state index contributed by atoms with van der Waals surface area (Å²) in [5.41, 5.74) is 2.81. The molecule has 0 aliphatic carbocycles. The van der Waals surface area contributed by atoms with Crippen LogP contribution in [0.3, 0.4) is 0 Å². The van der Waals surface area contributed by atoms with Crippen LogP contribution in [0.1, 0.15) is 27.7 Å². The molecule has 5 heteroatoms. The number of rotatable bonds is 3. The number of hydrogen-bond donors (Lipinski definition) is 1. The van der Waals surface area contributed by atoms with Crippen LogP contribution >= 0.6 is 11.3 Å². The van der Waals surface area contributed by atoms with Gasteiger partial charge in [-0.1, -0.05) is 0 Å². The van der Waals surface area contributed by atoms with E-state index < -0.39 is 0 Å². The zero-order valence-corrected chi connectivity index (χ0v) is 12.2. The molecule has 4 nitrogen and oxygen atoms in total. The highest BCUT2D eigenvalue weighted by molar-refractivity contribution is 7.10. The Morgan fingerprint density at radius 1 is 1.50 bits per heavy atom. The van der Waals surface area contributed by atoms with Crippen molar-refractivity contribution in [1.29, 1.82) is 0 Å². The number of nitrogens with one attached hydrogen (secondary N) is 1. The van der Waals surface area contributed by atoms with Crippen molar-refractivity contribution in [3.05, 3.63) is 45.9 Å². The quantitative estimate of drug-likeness (QED) is 0.944. The normalized spacial score (nSPS) is 13.9. The molecule has 0 aromatic carbocycles. The number of amides is 1. The first kappa shape index (κ1) is 13.1. The van der Waals surface area contributed by atoms with E-state index >= 15 is 0 Å². The van der Waals surface area contributed by atoms with Crippen LogP contribution in [-0.4, -0.2) is 28.9 Å². The van der Waals surface area contributed by atoms with E-state index in [-0.39, 0.29) is 5.91 Å². The van der Waals surface area contributed by atoms with Gasteiger partial charge in [-0.3, -0.25) is 9.78 Å². The summed E-state index contributed by atoms with van der Waals surface area (Å²) in [5.74, 6) is 0.0610. The number of carbonyl (C=O) groups excluding carboxylic acids is 1. The molecule has 0 saturated heterocycles. The SMILES string of the molecule is CCNc1ccncc1C(=O)N1CCc2sccc2C1. The lowest BCUT2D eigenvalue weighted by Gasteiger charge is -2.27. The van der Waals surface area contributed by atoms with Crippen LogP contribution in [-0.2, 0) is 13.0 Å². The van der Waals surface area contributed by atoms with E-state index in [1.54, 1.807) is 23.7 Å². The summed E-state index contributed by atoms with van der Waals surface area (Å²) in [7, 11) is 0. The van der Waals surface area contributed by atoms with Crippen LogP contribution in [0.25, 0.3) is 0 Å². The number of hydrogen-bond acceptors (Lipinski definition) is 4. The van der Waals surface area contributed by atoms with Crippen molar-refractivity contribution < 1.29 is 4.79 Å². The lowest BCUT2D eigenvalue weighted by molar-refractivity contribution is 0.0736. The predicted octanol–water partition coefficient (Wildman–Crippen LogP) is 2.77. The lowest BCUT2D eigenvalue weighted by atomic mass is 10.1. The number of fused-ring (bicyclic) bond motifs is 1. The first-order valence-corrected chi connectivity index (χ1v) is 7.70. The topological polar surface area (TPSA) is 45.2 Å². The monoisotopic (exact) mass is 287 g/mol. The minimum absolute atomic E-state index is 0.0610. The second-order valence-corrected chi connectivity index (χ2v) is 5.80. The van der Waals surface area contributed by atoms with E-state index in [9.17, 15) is 4.79 Å². The zero-order chi connectivity index (χ0) is 13.9. The summed E-state index contributed by atoms with van der Waals surface area (Å²) < 4.78 is 0. The lowest BCUT2D eigenvalue weighted by Crippen LogP contribution is -2.35. The molecule has 1 aliphatic heterocycles. The Morgan fingerprint density at radius 3 is 3.25 bits per heavy atom. The maximum absolute atomic E-state index is 12.7. The molecule has 3 rings (SSSR count). The van der Waals surface area contributed by atoms with Gasteiger partial charge in [-0.05, 0) is 36.4 Å². The van der Waals surface area contributed by atoms with E-state index in [0.717, 1.165) is 25.2 Å². The summed E-state index contributed by atoms with van der Waals surface area (Å²) in [4.78, 5) is 20.1. The summed E-state index contributed by atoms with van der Waals surface area (Å²) >= 11 is 1.78. The van der Waals surface area contributed by atoms with E-state index in [1.807, 2.05) is 17.9 Å². The van der Waals surface area contributed by atoms with Crippen LogP contribution in [0.5, 0.6) is 0 Å². The summed E-state index contributed by atoms with van der Waals surface area (Å²) in [6.45, 7) is 4.30. The first-order chi connectivity index (χ1) is 9.79. The molecule has 1 N–H and O–H groups in total. The Kier molecular flexibility index (Phi) is 3.69. The van der Waals surface area contributed by atoms with Crippen LogP contribution in [0.4, 0.5) is 5.69 Å². The van der Waals surface area contributed by atoms with Gasteiger partial charge in [0.1, 0.15) is 0 Å². The molecule has 0 fully saturated rings. The fourth-order valence-corrected chi connectivity index (χ4v) is 3.39. The van der Waals surface area contributed by atoms with E-state index in [0.29, 0.717) is 12.1 Å². The number of anilines is 1. The van der Waals surface area contributed by atoms with E-state index in [4.69, 9.17) is 0 Å². The van der Waals surface area contributed by atoms with Crippen molar-refractivity contribution in [2.24, 2.45) is 0 Å². The van der Waals surface area contributed by atoms with Gasteiger partial charge < -0.3 is 10.2 Å². The molecule has 1 aliphatic rings. The van der Waals surface area contributed by atoms with Crippen molar-refractivity contribution in [3.8, 4) is 0 Å². The Morgan fingerprint density at radius 2 is 2.40 bits per heavy atom. The second-order valence-electron chi connectivity index (χ2n) is 4.80. The molecule has 0 atom stereocenters. The van der Waals surface area contributed by atoms with Crippen LogP contribution < -0.4 is 5.32 Å². The molecule has 1 amide bonds. The van der Waals surface area contributed by atoms with Gasteiger partial charge in [0.15, 0.2) is 0 Å². The van der Waals surface area contributed by atoms with Gasteiger partial charge in [0, 0.05) is 36.9 Å². The standard InChI is InChI=1S/C15H17N3OS/c1-2-17-13-3-6-16-9-12(13)15(19)18-7-4-14-11(10-18)5-8-20-14/h3,5-6,8-9H,2,4,7,10H2,1H3,(H,16,17). The number of nitrogens with zero attached hydrogens (tertiary/aromatic N) is 2. The smallest absolute Gasteiger partial charge is 0.257 e. The molecular formula is C15H17N3OS. The second kappa shape index (κ2) is 5.63. The van der Waals surface area contributed by atoms with Gasteiger partial charge in [-0.25, -0.2) is 0 Å². The Bertz CT molecular complexity index is 623. The molecule has 0 radical (unpaired) electrons. The predicted molar refractivity (Wildman–Crippen MR) is 81.2 cm³/mol. The highest BCUT2D eigenvalue weighted by atomic mass is 32.1. The third-order valence-corrected chi connectivity index (χ3v) is 4.54. The molecule has 2 aromatic heterocycles. The average Bonchev–Trinajstić information content (AvgIpc) is 2.95. The highest BCUT2D eigenvalue weighted by Crippen LogP contribution is 2.26. The average molecular weight is 287 g/mol. The Balaban J connectivity index is 1.83. The molecule has 0 saturated carbocycles. The molecule has 2 aromatic rings. The minimum atomic E-state index is 0.0610. The number of pyridine rings is 1. The van der Waals surface area contributed by atoms with E-state index in [2.05, 4.69) is 21.7 Å². The molecule has 0 bridgehead atoms. The van der Waals surface area contributed by atoms with E-state index in [1.165, 1.54) is 10.4 Å². The fraction of sp³-hybridized carbons (Fsp3) is 0.333.